The molecule has 0 aliphatic carbocycles. The Morgan fingerprint density at radius 2 is 1.78 bits per heavy atom. The van der Waals surface area contributed by atoms with Crippen LogP contribution in [0.1, 0.15) is 13.3 Å². The molecule has 9 N–H and O–H groups in total. The Balaban J connectivity index is 2.61. The third kappa shape index (κ3) is 4.99. The van der Waals surface area contributed by atoms with Crippen molar-refractivity contribution in [3.63, 3.8) is 0 Å². The fourth-order valence-electron chi connectivity index (χ4n) is 2.13. The summed E-state index contributed by atoms with van der Waals surface area (Å²) in [6.07, 6.45) is -7.96. The molecule has 1 aliphatic heterocycles. The lowest BCUT2D eigenvalue weighted by Crippen LogP contribution is -2.61. The highest BCUT2D eigenvalue weighted by Gasteiger charge is 2.41. The number of hydrogen-bond donors (Lipinski definition) is 8. The first-order valence-corrected chi connectivity index (χ1v) is 7.18. The third-order valence-electron chi connectivity index (χ3n) is 3.69. The molecular weight excluding hydrogens is 314 g/mol. The quantitative estimate of drug-likeness (QED) is 0.178. The van der Waals surface area contributed by atoms with Gasteiger partial charge in [-0.1, -0.05) is 0 Å². The molecule has 10 nitrogen and oxygen atoms in total. The number of nitrogens with two attached hydrogens (primary N) is 1. The molecule has 23 heavy (non-hydrogen) atoms. The molecule has 1 rings (SSSR count). The molecule has 0 amide bonds. The van der Waals surface area contributed by atoms with E-state index in [1.807, 2.05) is 0 Å². The lowest BCUT2D eigenvalue weighted by Gasteiger charge is -2.40. The van der Waals surface area contributed by atoms with E-state index in [-0.39, 0.29) is 6.42 Å². The number of ether oxygens (including phenoxy) is 2. The first-order chi connectivity index (χ1) is 10.7. The van der Waals surface area contributed by atoms with Gasteiger partial charge in [-0.3, -0.25) is 0 Å². The van der Waals surface area contributed by atoms with Crippen molar-refractivity contribution in [1.82, 2.24) is 0 Å². The second kappa shape index (κ2) is 8.76. The van der Waals surface area contributed by atoms with Crippen LogP contribution in [0.2, 0.25) is 0 Å². The van der Waals surface area contributed by atoms with Crippen LogP contribution < -0.4 is 5.73 Å². The number of hydrogen-bond acceptors (Lipinski definition) is 10. The molecule has 1 aliphatic rings. The summed E-state index contributed by atoms with van der Waals surface area (Å²) in [5, 5.41) is 66.3. The minimum absolute atomic E-state index is 0.241. The Labute approximate surface area is 133 Å². The monoisotopic (exact) mass is 339 g/mol. The van der Waals surface area contributed by atoms with Gasteiger partial charge in [-0.05, 0) is 6.92 Å². The summed E-state index contributed by atoms with van der Waals surface area (Å²) in [4.78, 5) is 0. The Morgan fingerprint density at radius 1 is 1.17 bits per heavy atom. The van der Waals surface area contributed by atoms with E-state index in [0.717, 1.165) is 0 Å². The van der Waals surface area contributed by atoms with Crippen LogP contribution in [-0.2, 0) is 9.47 Å². The normalized spacial score (nSPS) is 35.5. The van der Waals surface area contributed by atoms with Gasteiger partial charge < -0.3 is 51.0 Å². The van der Waals surface area contributed by atoms with Crippen LogP contribution >= 0.6 is 0 Å². The lowest BCUT2D eigenvalue weighted by molar-refractivity contribution is -0.208. The maximum absolute atomic E-state index is 9.84. The molecule has 0 spiro atoms. The van der Waals surface area contributed by atoms with Gasteiger partial charge in [0.15, 0.2) is 11.5 Å². The molecule has 0 radical (unpaired) electrons. The van der Waals surface area contributed by atoms with Gasteiger partial charge in [0.1, 0.15) is 24.4 Å². The Bertz CT molecular complexity index is 405. The molecule has 1 saturated heterocycles. The summed E-state index contributed by atoms with van der Waals surface area (Å²) in [5.41, 5.74) is 5.63. The molecule has 1 heterocycles. The fourth-order valence-corrected chi connectivity index (χ4v) is 2.13. The van der Waals surface area contributed by atoms with Crippen molar-refractivity contribution in [3.05, 3.63) is 11.5 Å². The third-order valence-corrected chi connectivity index (χ3v) is 3.69. The van der Waals surface area contributed by atoms with Crippen LogP contribution in [0, 0.1) is 0 Å². The summed E-state index contributed by atoms with van der Waals surface area (Å²) in [7, 11) is 0. The van der Waals surface area contributed by atoms with Gasteiger partial charge in [0.25, 0.3) is 0 Å². The fraction of sp³-hybridized carbons (Fsp3) is 0.846. The van der Waals surface area contributed by atoms with Crippen molar-refractivity contribution in [2.75, 3.05) is 13.2 Å². The SMILES string of the molecule is C[C@H]1OC(CO[C@@H](O)/C(O)=C(/O)[C@@H](O)CCO)[C@@H](O)C(O)C1N. The first-order valence-electron chi connectivity index (χ1n) is 7.18. The van der Waals surface area contributed by atoms with Crippen LogP contribution in [0.25, 0.3) is 0 Å². The summed E-state index contributed by atoms with van der Waals surface area (Å²) < 4.78 is 10.2. The maximum Gasteiger partial charge on any atom is 0.217 e. The Morgan fingerprint density at radius 3 is 2.35 bits per heavy atom. The van der Waals surface area contributed by atoms with Crippen LogP contribution in [0.4, 0.5) is 0 Å². The van der Waals surface area contributed by atoms with E-state index in [1.165, 1.54) is 0 Å². The van der Waals surface area contributed by atoms with Crippen molar-refractivity contribution in [3.8, 4) is 0 Å². The largest absolute Gasteiger partial charge is 0.506 e. The predicted octanol–water partition coefficient (Wildman–Crippen LogP) is -2.77. The maximum atomic E-state index is 9.84. The standard InChI is InChI=1S/C13H25NO9/c1-5-8(14)11(19)10(18)7(23-5)4-22-13(21)12(20)9(17)6(16)2-3-15/h5-8,10-11,13,15-21H,2-4,14H2,1H3/b12-9-/t5-,6+,7?,8?,10-,11?,13-/m1/s1. The van der Waals surface area contributed by atoms with E-state index in [0.29, 0.717) is 0 Å². The molecule has 0 aromatic heterocycles. The van der Waals surface area contributed by atoms with Crippen LogP contribution in [-0.4, -0.2) is 91.8 Å². The number of aliphatic hydroxyl groups is 7. The van der Waals surface area contributed by atoms with Crippen molar-refractivity contribution in [2.24, 2.45) is 5.73 Å². The van der Waals surface area contributed by atoms with Gasteiger partial charge in [0.2, 0.25) is 6.29 Å². The van der Waals surface area contributed by atoms with Crippen LogP contribution in [0.5, 0.6) is 0 Å². The van der Waals surface area contributed by atoms with Crippen LogP contribution in [0.15, 0.2) is 11.5 Å². The second-order valence-electron chi connectivity index (χ2n) is 5.42. The highest BCUT2D eigenvalue weighted by Crippen LogP contribution is 2.21. The molecule has 0 aromatic rings. The molecular formula is C13H25NO9. The highest BCUT2D eigenvalue weighted by atomic mass is 16.6. The summed E-state index contributed by atoms with van der Waals surface area (Å²) in [6.45, 7) is 0.745. The molecule has 0 aromatic carbocycles. The van der Waals surface area contributed by atoms with Gasteiger partial charge in [-0.25, -0.2) is 0 Å². The van der Waals surface area contributed by atoms with Crippen molar-refractivity contribution >= 4 is 0 Å². The van der Waals surface area contributed by atoms with Gasteiger partial charge in [0, 0.05) is 13.0 Å². The summed E-state index contributed by atoms with van der Waals surface area (Å²) in [5.74, 6) is -1.96. The number of aliphatic hydroxyl groups excluding tert-OH is 7. The lowest BCUT2D eigenvalue weighted by atomic mass is 9.94. The number of rotatable bonds is 7. The molecule has 3 unspecified atom stereocenters. The van der Waals surface area contributed by atoms with E-state index in [4.69, 9.17) is 20.3 Å². The molecule has 10 heteroatoms. The summed E-state index contributed by atoms with van der Waals surface area (Å²) >= 11 is 0. The van der Waals surface area contributed by atoms with Crippen molar-refractivity contribution in [2.45, 2.75) is 56.2 Å². The summed E-state index contributed by atoms with van der Waals surface area (Å²) in [6, 6.07) is -0.780. The van der Waals surface area contributed by atoms with Crippen LogP contribution in [0.3, 0.4) is 0 Å². The van der Waals surface area contributed by atoms with Gasteiger partial charge in [-0.15, -0.1) is 0 Å². The predicted molar refractivity (Wildman–Crippen MR) is 76.3 cm³/mol. The van der Waals surface area contributed by atoms with Gasteiger partial charge >= 0.3 is 0 Å². The van der Waals surface area contributed by atoms with E-state index in [1.54, 1.807) is 6.92 Å². The van der Waals surface area contributed by atoms with E-state index in [2.05, 4.69) is 0 Å². The molecule has 136 valence electrons. The smallest absolute Gasteiger partial charge is 0.217 e. The first kappa shape index (κ1) is 20.1. The Kier molecular flexibility index (Phi) is 7.64. The van der Waals surface area contributed by atoms with Gasteiger partial charge in [-0.2, -0.15) is 0 Å². The van der Waals surface area contributed by atoms with Gasteiger partial charge in [0.05, 0.1) is 18.8 Å². The highest BCUT2D eigenvalue weighted by molar-refractivity contribution is 5.06. The average Bonchev–Trinajstić information content (AvgIpc) is 2.53. The second-order valence-corrected chi connectivity index (χ2v) is 5.42. The molecule has 0 saturated carbocycles. The topological polar surface area (TPSA) is 186 Å². The molecule has 1 fully saturated rings. The van der Waals surface area contributed by atoms with Crippen molar-refractivity contribution < 1.29 is 45.2 Å². The minimum Gasteiger partial charge on any atom is -0.506 e. The van der Waals surface area contributed by atoms with Crippen molar-refractivity contribution in [1.29, 1.82) is 0 Å². The van der Waals surface area contributed by atoms with E-state index < -0.39 is 67.6 Å². The van der Waals surface area contributed by atoms with E-state index >= 15 is 0 Å². The zero-order chi connectivity index (χ0) is 17.7. The average molecular weight is 339 g/mol. The Hall–Kier alpha value is -0.980. The molecule has 7 atom stereocenters. The minimum atomic E-state index is -1.98. The molecule has 0 bridgehead atoms. The zero-order valence-corrected chi connectivity index (χ0v) is 12.7. The zero-order valence-electron chi connectivity index (χ0n) is 12.7. The van der Waals surface area contributed by atoms with E-state index in [9.17, 15) is 30.6 Å².